The van der Waals surface area contributed by atoms with Crippen LogP contribution >= 0.6 is 46.4 Å². The second kappa shape index (κ2) is 10.7. The minimum Gasteiger partial charge on any atom is -0.384 e. The summed E-state index contributed by atoms with van der Waals surface area (Å²) in [5.74, 6) is -0.460. The lowest BCUT2D eigenvalue weighted by molar-refractivity contribution is -0.113. The SMILES string of the molecule is COCCS(=O)(=O)N1C/C(=C\c2ccc(Cl)c(Cl)c2)C(=O)/C(=C/c2ccc(Cl)c(Cl)c2)C1. The largest absolute Gasteiger partial charge is 0.384 e. The molecule has 170 valence electrons. The molecule has 3 rings (SSSR count). The van der Waals surface area contributed by atoms with Gasteiger partial charge < -0.3 is 4.74 Å². The van der Waals surface area contributed by atoms with Crippen LogP contribution in [0.15, 0.2) is 47.5 Å². The highest BCUT2D eigenvalue weighted by Crippen LogP contribution is 2.29. The molecule has 0 radical (unpaired) electrons. The van der Waals surface area contributed by atoms with E-state index in [2.05, 4.69) is 0 Å². The average Bonchev–Trinajstić information content (AvgIpc) is 2.74. The van der Waals surface area contributed by atoms with Crippen molar-refractivity contribution in [3.05, 3.63) is 78.8 Å². The molecule has 32 heavy (non-hydrogen) atoms. The molecule has 2 aromatic rings. The number of hydrogen-bond donors (Lipinski definition) is 0. The Kier molecular flexibility index (Phi) is 8.44. The number of methoxy groups -OCH3 is 1. The second-order valence-corrected chi connectivity index (χ2v) is 10.8. The Balaban J connectivity index is 2.04. The molecule has 0 N–H and O–H groups in total. The van der Waals surface area contributed by atoms with Gasteiger partial charge in [-0.1, -0.05) is 58.5 Å². The van der Waals surface area contributed by atoms with Gasteiger partial charge in [0.15, 0.2) is 5.78 Å². The number of carbonyl (C=O) groups excluding carboxylic acids is 1. The van der Waals surface area contributed by atoms with Gasteiger partial charge >= 0.3 is 0 Å². The number of ether oxygens (including phenoxy) is 1. The smallest absolute Gasteiger partial charge is 0.216 e. The number of rotatable bonds is 6. The quantitative estimate of drug-likeness (QED) is 0.450. The average molecular weight is 535 g/mol. The van der Waals surface area contributed by atoms with Gasteiger partial charge in [0.25, 0.3) is 0 Å². The maximum atomic E-state index is 13.2. The van der Waals surface area contributed by atoms with Crippen molar-refractivity contribution in [3.8, 4) is 0 Å². The van der Waals surface area contributed by atoms with E-state index in [1.165, 1.54) is 11.4 Å². The molecule has 1 heterocycles. The molecule has 0 amide bonds. The van der Waals surface area contributed by atoms with Gasteiger partial charge in [-0.05, 0) is 47.5 Å². The van der Waals surface area contributed by atoms with E-state index in [4.69, 9.17) is 51.1 Å². The van der Waals surface area contributed by atoms with Crippen LogP contribution in [0, 0.1) is 0 Å². The molecule has 0 unspecified atom stereocenters. The first-order valence-corrected chi connectivity index (χ1v) is 12.6. The number of carbonyl (C=O) groups is 1. The van der Waals surface area contributed by atoms with Gasteiger partial charge in [-0.3, -0.25) is 4.79 Å². The first kappa shape index (κ1) is 25.2. The number of ketones is 1. The number of sulfonamides is 1. The molecule has 1 saturated heterocycles. The maximum Gasteiger partial charge on any atom is 0.216 e. The standard InChI is InChI=1S/C22H19Cl4NO4S/c1-31-6-7-32(29,30)27-12-16(8-14-2-4-18(23)20(25)10-14)22(28)17(13-27)9-15-3-5-19(24)21(26)11-15/h2-5,8-11H,6-7,12-13H2,1H3/b16-8+,17-9+. The van der Waals surface area contributed by atoms with Crippen molar-refractivity contribution in [3.63, 3.8) is 0 Å². The summed E-state index contributed by atoms with van der Waals surface area (Å²) in [6.07, 6.45) is 3.23. The fraction of sp³-hybridized carbons (Fsp3) is 0.227. The number of piperidine rings is 1. The van der Waals surface area contributed by atoms with Crippen molar-refractivity contribution in [2.45, 2.75) is 0 Å². The molecule has 1 aliphatic heterocycles. The molecular formula is C22H19Cl4NO4S. The van der Waals surface area contributed by atoms with E-state index in [1.807, 2.05) is 0 Å². The summed E-state index contributed by atoms with van der Waals surface area (Å²) in [4.78, 5) is 13.2. The number of halogens is 4. The molecule has 5 nitrogen and oxygen atoms in total. The lowest BCUT2D eigenvalue weighted by atomic mass is 9.95. The van der Waals surface area contributed by atoms with E-state index < -0.39 is 10.0 Å². The molecule has 0 atom stereocenters. The highest BCUT2D eigenvalue weighted by molar-refractivity contribution is 7.89. The Labute approximate surface area is 207 Å². The molecule has 10 heteroatoms. The van der Waals surface area contributed by atoms with E-state index in [-0.39, 0.29) is 31.2 Å². The summed E-state index contributed by atoms with van der Waals surface area (Å²) in [6, 6.07) is 9.87. The van der Waals surface area contributed by atoms with E-state index >= 15 is 0 Å². The summed E-state index contributed by atoms with van der Waals surface area (Å²) in [6.45, 7) is -0.0852. The molecule has 0 aromatic heterocycles. The maximum absolute atomic E-state index is 13.2. The zero-order chi connectivity index (χ0) is 23.5. The van der Waals surface area contributed by atoms with Gasteiger partial charge in [-0.2, -0.15) is 4.31 Å². The van der Waals surface area contributed by atoms with Crippen LogP contribution in [0.3, 0.4) is 0 Å². The molecule has 0 saturated carbocycles. The van der Waals surface area contributed by atoms with Crippen LogP contribution in [0.4, 0.5) is 0 Å². The molecule has 2 aromatic carbocycles. The van der Waals surface area contributed by atoms with E-state index in [0.29, 0.717) is 42.4 Å². The third kappa shape index (κ3) is 6.14. The summed E-state index contributed by atoms with van der Waals surface area (Å²) >= 11 is 24.1. The molecule has 0 aliphatic carbocycles. The van der Waals surface area contributed by atoms with Crippen LogP contribution in [0.1, 0.15) is 11.1 Å². The third-order valence-electron chi connectivity index (χ3n) is 4.78. The topological polar surface area (TPSA) is 63.7 Å². The summed E-state index contributed by atoms with van der Waals surface area (Å²) < 4.78 is 31.9. The van der Waals surface area contributed by atoms with Gasteiger partial charge in [0, 0.05) is 31.3 Å². The zero-order valence-corrected chi connectivity index (χ0v) is 20.8. The lowest BCUT2D eigenvalue weighted by Gasteiger charge is -2.29. The van der Waals surface area contributed by atoms with Crippen molar-refractivity contribution in [1.82, 2.24) is 4.31 Å². The fourth-order valence-electron chi connectivity index (χ4n) is 3.13. The molecule has 1 aliphatic rings. The van der Waals surface area contributed by atoms with Crippen molar-refractivity contribution in [1.29, 1.82) is 0 Å². The normalized spacial score (nSPS) is 18.0. The summed E-state index contributed by atoms with van der Waals surface area (Å²) in [7, 11) is -2.24. The Morgan fingerprint density at radius 2 is 1.34 bits per heavy atom. The zero-order valence-electron chi connectivity index (χ0n) is 16.9. The van der Waals surface area contributed by atoms with Gasteiger partial charge in [-0.25, -0.2) is 8.42 Å². The summed E-state index contributed by atoms with van der Waals surface area (Å²) in [5.41, 5.74) is 1.88. The van der Waals surface area contributed by atoms with Crippen LogP contribution in [0.5, 0.6) is 0 Å². The van der Waals surface area contributed by atoms with Crippen LogP contribution in [0.2, 0.25) is 20.1 Å². The predicted octanol–water partition coefficient (Wildman–Crippen LogP) is 5.63. The third-order valence-corrected chi connectivity index (χ3v) is 7.99. The Bertz CT molecular complexity index is 1130. The van der Waals surface area contributed by atoms with Crippen molar-refractivity contribution in [2.75, 3.05) is 32.6 Å². The lowest BCUT2D eigenvalue weighted by Crippen LogP contribution is -2.43. The van der Waals surface area contributed by atoms with Crippen LogP contribution in [0.25, 0.3) is 12.2 Å². The van der Waals surface area contributed by atoms with Gasteiger partial charge in [-0.15, -0.1) is 0 Å². The van der Waals surface area contributed by atoms with Crippen LogP contribution < -0.4 is 0 Å². The van der Waals surface area contributed by atoms with E-state index in [9.17, 15) is 13.2 Å². The van der Waals surface area contributed by atoms with Crippen molar-refractivity contribution in [2.24, 2.45) is 0 Å². The van der Waals surface area contributed by atoms with Gasteiger partial charge in [0.1, 0.15) is 0 Å². The molecule has 0 bridgehead atoms. The van der Waals surface area contributed by atoms with Gasteiger partial charge in [0.05, 0.1) is 32.5 Å². The Hall–Kier alpha value is -1.38. The van der Waals surface area contributed by atoms with Crippen molar-refractivity contribution >= 4 is 74.4 Å². The minimum atomic E-state index is -3.67. The first-order chi connectivity index (χ1) is 15.1. The first-order valence-electron chi connectivity index (χ1n) is 9.43. The summed E-state index contributed by atoms with van der Waals surface area (Å²) in [5, 5.41) is 1.43. The van der Waals surface area contributed by atoms with Gasteiger partial charge in [0.2, 0.25) is 10.0 Å². The van der Waals surface area contributed by atoms with E-state index in [0.717, 1.165) is 0 Å². The fourth-order valence-corrected chi connectivity index (χ4v) is 5.05. The second-order valence-electron chi connectivity index (χ2n) is 7.09. The molecule has 1 fully saturated rings. The minimum absolute atomic E-state index is 0.0461. The predicted molar refractivity (Wildman–Crippen MR) is 131 cm³/mol. The van der Waals surface area contributed by atoms with Crippen molar-refractivity contribution < 1.29 is 17.9 Å². The Morgan fingerprint density at radius 3 is 1.75 bits per heavy atom. The van der Waals surface area contributed by atoms with E-state index in [1.54, 1.807) is 48.6 Å². The van der Waals surface area contributed by atoms with Crippen LogP contribution in [-0.2, 0) is 19.6 Å². The number of nitrogens with zero attached hydrogens (tertiary/aromatic N) is 1. The molecule has 0 spiro atoms. The highest BCUT2D eigenvalue weighted by Gasteiger charge is 2.33. The highest BCUT2D eigenvalue weighted by atomic mass is 35.5. The number of benzene rings is 2. The Morgan fingerprint density at radius 1 is 0.875 bits per heavy atom. The van der Waals surface area contributed by atoms with Crippen LogP contribution in [-0.4, -0.2) is 51.1 Å². The number of hydrogen-bond acceptors (Lipinski definition) is 4. The molecular weight excluding hydrogens is 516 g/mol. The number of Topliss-reactive ketones (excluding diaryl/α,β-unsaturated/α-hetero) is 1. The monoisotopic (exact) mass is 533 g/mol.